The first-order chi connectivity index (χ1) is 12.9. The molecule has 0 aliphatic carbocycles. The van der Waals surface area contributed by atoms with Crippen LogP contribution in [0.4, 0.5) is 5.13 Å². The van der Waals surface area contributed by atoms with Gasteiger partial charge in [-0.1, -0.05) is 55.8 Å². The monoisotopic (exact) mass is 380 g/mol. The largest absolute Gasteiger partial charge is 0.484 e. The zero-order valence-corrected chi connectivity index (χ0v) is 16.9. The second kappa shape index (κ2) is 8.35. The summed E-state index contributed by atoms with van der Waals surface area (Å²) in [4.78, 5) is 17.8. The third-order valence-electron chi connectivity index (χ3n) is 4.28. The first-order valence-corrected chi connectivity index (χ1v) is 9.81. The van der Waals surface area contributed by atoms with Crippen LogP contribution in [0.3, 0.4) is 0 Å². The molecule has 0 atom stereocenters. The maximum absolute atomic E-state index is 12.2. The van der Waals surface area contributed by atoms with E-state index in [9.17, 15) is 4.79 Å². The minimum Gasteiger partial charge on any atom is -0.484 e. The van der Waals surface area contributed by atoms with E-state index >= 15 is 0 Å². The quantitative estimate of drug-likeness (QED) is 0.608. The van der Waals surface area contributed by atoms with Gasteiger partial charge < -0.3 is 4.74 Å². The maximum Gasteiger partial charge on any atom is 0.264 e. The first kappa shape index (κ1) is 19.1. The van der Waals surface area contributed by atoms with Crippen molar-refractivity contribution in [3.8, 4) is 17.0 Å². The fourth-order valence-corrected chi connectivity index (χ4v) is 3.53. The van der Waals surface area contributed by atoms with E-state index in [4.69, 9.17) is 4.74 Å². The summed E-state index contributed by atoms with van der Waals surface area (Å²) >= 11 is 1.47. The second-order valence-electron chi connectivity index (χ2n) is 6.85. The Morgan fingerprint density at radius 3 is 2.37 bits per heavy atom. The maximum atomic E-state index is 12.2. The Balaban J connectivity index is 1.59. The van der Waals surface area contributed by atoms with Crippen molar-refractivity contribution < 1.29 is 9.53 Å². The number of hydrogen-bond donors (Lipinski definition) is 1. The second-order valence-corrected chi connectivity index (χ2v) is 8.05. The number of ether oxygens (including phenoxy) is 1. The van der Waals surface area contributed by atoms with Crippen LogP contribution in [0.15, 0.2) is 48.5 Å². The molecule has 0 unspecified atom stereocenters. The molecule has 1 heterocycles. The summed E-state index contributed by atoms with van der Waals surface area (Å²) in [6.45, 7) is 8.31. The average molecular weight is 381 g/mol. The van der Waals surface area contributed by atoms with Gasteiger partial charge in [-0.3, -0.25) is 10.1 Å². The van der Waals surface area contributed by atoms with Gasteiger partial charge in [0.05, 0.1) is 5.69 Å². The SMILES string of the molecule is Cc1ccc(-c2nc(NC(=O)COc3ccc(C(C)C)cc3)sc2C)cc1. The molecule has 0 saturated carbocycles. The molecule has 0 saturated heterocycles. The summed E-state index contributed by atoms with van der Waals surface area (Å²) < 4.78 is 5.57. The van der Waals surface area contributed by atoms with Gasteiger partial charge in [-0.25, -0.2) is 4.98 Å². The Kier molecular flexibility index (Phi) is 5.91. The van der Waals surface area contributed by atoms with Crippen LogP contribution in [-0.4, -0.2) is 17.5 Å². The number of benzene rings is 2. The van der Waals surface area contributed by atoms with Gasteiger partial charge in [0.2, 0.25) is 0 Å². The summed E-state index contributed by atoms with van der Waals surface area (Å²) in [5, 5.41) is 3.42. The Bertz CT molecular complexity index is 912. The number of nitrogens with one attached hydrogen (secondary N) is 1. The number of carbonyl (C=O) groups is 1. The van der Waals surface area contributed by atoms with E-state index in [-0.39, 0.29) is 12.5 Å². The van der Waals surface area contributed by atoms with Crippen LogP contribution in [0.2, 0.25) is 0 Å². The lowest BCUT2D eigenvalue weighted by molar-refractivity contribution is -0.118. The summed E-state index contributed by atoms with van der Waals surface area (Å²) in [7, 11) is 0. The van der Waals surface area contributed by atoms with E-state index in [0.717, 1.165) is 16.1 Å². The van der Waals surface area contributed by atoms with Crippen molar-refractivity contribution in [1.82, 2.24) is 4.98 Å². The fourth-order valence-electron chi connectivity index (χ4n) is 2.68. The highest BCUT2D eigenvalue weighted by Gasteiger charge is 2.12. The van der Waals surface area contributed by atoms with Crippen molar-refractivity contribution in [3.63, 3.8) is 0 Å². The number of thiazole rings is 1. The van der Waals surface area contributed by atoms with Gasteiger partial charge >= 0.3 is 0 Å². The molecule has 0 spiro atoms. The van der Waals surface area contributed by atoms with Gasteiger partial charge in [0.15, 0.2) is 11.7 Å². The van der Waals surface area contributed by atoms with Gasteiger partial charge in [-0.2, -0.15) is 0 Å². The van der Waals surface area contributed by atoms with Crippen molar-refractivity contribution in [1.29, 1.82) is 0 Å². The van der Waals surface area contributed by atoms with Crippen LogP contribution in [0, 0.1) is 13.8 Å². The highest BCUT2D eigenvalue weighted by molar-refractivity contribution is 7.16. The number of hydrogen-bond acceptors (Lipinski definition) is 4. The molecular formula is C22H24N2O2S. The van der Waals surface area contributed by atoms with E-state index in [1.807, 2.05) is 43.3 Å². The van der Waals surface area contributed by atoms with Crippen molar-refractivity contribution in [2.45, 2.75) is 33.6 Å². The normalized spacial score (nSPS) is 10.9. The molecule has 1 N–H and O–H groups in total. The average Bonchev–Trinajstić information content (AvgIpc) is 3.01. The smallest absolute Gasteiger partial charge is 0.264 e. The molecule has 0 aliphatic heterocycles. The zero-order chi connectivity index (χ0) is 19.4. The van der Waals surface area contributed by atoms with Gasteiger partial charge in [0.1, 0.15) is 5.75 Å². The first-order valence-electron chi connectivity index (χ1n) is 8.99. The molecule has 0 fully saturated rings. The van der Waals surface area contributed by atoms with E-state index in [2.05, 4.69) is 43.2 Å². The molecule has 3 aromatic rings. The van der Waals surface area contributed by atoms with E-state index in [1.54, 1.807) is 0 Å². The van der Waals surface area contributed by atoms with Crippen LogP contribution in [0.1, 0.15) is 35.8 Å². The summed E-state index contributed by atoms with van der Waals surface area (Å²) in [6, 6.07) is 16.1. The highest BCUT2D eigenvalue weighted by Crippen LogP contribution is 2.30. The predicted octanol–water partition coefficient (Wildman–Crippen LogP) is 5.57. The molecule has 1 amide bonds. The number of aryl methyl sites for hydroxylation is 2. The minimum atomic E-state index is -0.216. The molecule has 2 aromatic carbocycles. The molecule has 5 heteroatoms. The summed E-state index contributed by atoms with van der Waals surface area (Å²) in [5.74, 6) is 0.940. The Morgan fingerprint density at radius 1 is 1.07 bits per heavy atom. The zero-order valence-electron chi connectivity index (χ0n) is 16.1. The molecule has 3 rings (SSSR count). The number of rotatable bonds is 6. The molecule has 0 radical (unpaired) electrons. The van der Waals surface area contributed by atoms with Crippen LogP contribution in [0.5, 0.6) is 5.75 Å². The highest BCUT2D eigenvalue weighted by atomic mass is 32.1. The topological polar surface area (TPSA) is 51.2 Å². The van der Waals surface area contributed by atoms with Crippen LogP contribution in [-0.2, 0) is 4.79 Å². The third kappa shape index (κ3) is 4.95. The molecule has 0 bridgehead atoms. The van der Waals surface area contributed by atoms with E-state index < -0.39 is 0 Å². The third-order valence-corrected chi connectivity index (χ3v) is 5.17. The lowest BCUT2D eigenvalue weighted by atomic mass is 10.0. The van der Waals surface area contributed by atoms with Gasteiger partial charge in [-0.05, 0) is 37.5 Å². The minimum absolute atomic E-state index is 0.0421. The molecular weight excluding hydrogens is 356 g/mol. The van der Waals surface area contributed by atoms with Gasteiger partial charge in [-0.15, -0.1) is 11.3 Å². The molecule has 0 aliphatic rings. The molecule has 140 valence electrons. The number of anilines is 1. The van der Waals surface area contributed by atoms with Gasteiger partial charge in [0.25, 0.3) is 5.91 Å². The van der Waals surface area contributed by atoms with Crippen LogP contribution in [0.25, 0.3) is 11.3 Å². The van der Waals surface area contributed by atoms with Gasteiger partial charge in [0, 0.05) is 10.4 Å². The Labute approximate surface area is 164 Å². The van der Waals surface area contributed by atoms with Crippen molar-refractivity contribution in [2.75, 3.05) is 11.9 Å². The number of aromatic nitrogens is 1. The van der Waals surface area contributed by atoms with E-state index in [0.29, 0.717) is 16.8 Å². The van der Waals surface area contributed by atoms with Crippen molar-refractivity contribution in [3.05, 3.63) is 64.5 Å². The van der Waals surface area contributed by atoms with Crippen molar-refractivity contribution in [2.24, 2.45) is 0 Å². The molecule has 4 nitrogen and oxygen atoms in total. The number of amides is 1. The summed E-state index contributed by atoms with van der Waals surface area (Å²) in [6.07, 6.45) is 0. The number of carbonyl (C=O) groups excluding carboxylic acids is 1. The standard InChI is InChI=1S/C22H24N2O2S/c1-14(2)17-9-11-19(12-10-17)26-13-20(25)23-22-24-21(16(4)27-22)18-7-5-15(3)6-8-18/h5-12,14H,13H2,1-4H3,(H,23,24,25). The summed E-state index contributed by atoms with van der Waals surface area (Å²) in [5.41, 5.74) is 4.41. The Hall–Kier alpha value is -2.66. The van der Waals surface area contributed by atoms with Crippen LogP contribution < -0.4 is 10.1 Å². The molecule has 1 aromatic heterocycles. The number of nitrogens with zero attached hydrogens (tertiary/aromatic N) is 1. The lowest BCUT2D eigenvalue weighted by Gasteiger charge is -2.08. The van der Waals surface area contributed by atoms with E-state index in [1.165, 1.54) is 22.5 Å². The fraction of sp³-hybridized carbons (Fsp3) is 0.273. The lowest BCUT2D eigenvalue weighted by Crippen LogP contribution is -2.20. The van der Waals surface area contributed by atoms with Crippen LogP contribution >= 0.6 is 11.3 Å². The predicted molar refractivity (Wildman–Crippen MR) is 112 cm³/mol. The van der Waals surface area contributed by atoms with Crippen molar-refractivity contribution >= 4 is 22.4 Å². The molecule has 27 heavy (non-hydrogen) atoms. The Morgan fingerprint density at radius 2 is 1.74 bits per heavy atom.